The quantitative estimate of drug-likeness (QED) is 0.0993. The molecular formula is C45H49NO14. The van der Waals surface area contributed by atoms with E-state index in [1.165, 1.54) is 32.2 Å². The van der Waals surface area contributed by atoms with Crippen LogP contribution in [0.3, 0.4) is 0 Å². The number of aliphatic hydroxyl groups excluding tert-OH is 2. The van der Waals surface area contributed by atoms with Gasteiger partial charge >= 0.3 is 17.9 Å². The molecule has 1 aliphatic heterocycles. The second-order valence-electron chi connectivity index (χ2n) is 17.0. The molecule has 1 amide bonds. The van der Waals surface area contributed by atoms with E-state index >= 15 is 9.59 Å². The molecule has 15 heteroatoms. The Morgan fingerprint density at radius 2 is 1.55 bits per heavy atom. The van der Waals surface area contributed by atoms with E-state index in [4.69, 9.17) is 23.4 Å². The van der Waals surface area contributed by atoms with Crippen molar-refractivity contribution in [2.75, 3.05) is 6.61 Å². The fourth-order valence-electron chi connectivity index (χ4n) is 10.3. The molecule has 3 aromatic rings. The van der Waals surface area contributed by atoms with Crippen LogP contribution in [0.25, 0.3) is 0 Å². The van der Waals surface area contributed by atoms with Crippen molar-refractivity contribution in [3.63, 3.8) is 0 Å². The molecule has 4 aliphatic rings. The number of aliphatic hydroxyl groups is 3. The smallest absolute Gasteiger partial charge is 0.338 e. The highest BCUT2D eigenvalue weighted by atomic mass is 16.6. The Labute approximate surface area is 346 Å². The Morgan fingerprint density at radius 1 is 0.900 bits per heavy atom. The lowest BCUT2D eigenvalue weighted by Gasteiger charge is -2.67. The van der Waals surface area contributed by atoms with Gasteiger partial charge in [-0.3, -0.25) is 24.0 Å². The van der Waals surface area contributed by atoms with E-state index in [0.717, 1.165) is 13.8 Å². The summed E-state index contributed by atoms with van der Waals surface area (Å²) < 4.78 is 29.4. The molecule has 2 heterocycles. The standard InChI is InChI=1S/C45H49NO14/c1-23-29(59-41(54)36(51)34(26-14-9-7-10-15-26)46-40(53)27-16-11-8-12-17-27)21-45(55)33(35(50)28-18-13-19-56-28)38-43(6,30(49)20-31-44(38,22-57-31)60-25(3)48)39(52)37(58-24(2)47)32(23)42(45,4)5/h7-19,29-31,33-34,36-38,49,51,55H,20-22H2,1-6H3,(H,46,53)/t29-,30-,31+,33-,34-,36+,37+,38-,43+,44-,45+/m0/s1. The first-order valence-electron chi connectivity index (χ1n) is 19.8. The van der Waals surface area contributed by atoms with E-state index in [0.29, 0.717) is 5.56 Å². The number of amides is 1. The van der Waals surface area contributed by atoms with E-state index < -0.39 is 112 Å². The third kappa shape index (κ3) is 6.67. The van der Waals surface area contributed by atoms with Crippen molar-refractivity contribution in [2.24, 2.45) is 22.7 Å². The summed E-state index contributed by atoms with van der Waals surface area (Å²) in [5.41, 5.74) is -7.05. The van der Waals surface area contributed by atoms with Crippen LogP contribution in [-0.4, -0.2) is 99.0 Å². The van der Waals surface area contributed by atoms with Crippen LogP contribution in [0.2, 0.25) is 0 Å². The molecule has 4 N–H and O–H groups in total. The van der Waals surface area contributed by atoms with Gasteiger partial charge in [-0.2, -0.15) is 0 Å². The Bertz CT molecular complexity index is 2220. The number of fused-ring (bicyclic) bond motifs is 5. The molecule has 0 unspecified atom stereocenters. The third-order valence-corrected chi connectivity index (χ3v) is 13.4. The molecule has 2 aromatic carbocycles. The third-order valence-electron chi connectivity index (χ3n) is 13.4. The SMILES string of the molecule is CC(=O)O[C@H]1C(=O)[C@@]2(C)[C@H]([C@H](C(=O)c3ccco3)[C@]3(O)C[C@H](OC(=O)[C@H](O)[C@@H](NC(=O)c4ccccc4)c4ccccc4)C(C)=C1C3(C)C)[C@]1(OC(C)=O)CO[C@@H]1C[C@@H]2O. The molecule has 1 aromatic heterocycles. The Morgan fingerprint density at radius 3 is 2.12 bits per heavy atom. The van der Waals surface area contributed by atoms with Gasteiger partial charge in [-0.1, -0.05) is 62.4 Å². The second kappa shape index (κ2) is 15.5. The van der Waals surface area contributed by atoms with Crippen LogP contribution in [0, 0.1) is 22.7 Å². The molecule has 7 rings (SSSR count). The van der Waals surface area contributed by atoms with Crippen LogP contribution in [0.1, 0.15) is 86.9 Å². The van der Waals surface area contributed by atoms with Crippen LogP contribution in [0.15, 0.2) is 94.6 Å². The lowest BCUT2D eigenvalue weighted by molar-refractivity contribution is -0.335. The number of hydrogen-bond donors (Lipinski definition) is 4. The summed E-state index contributed by atoms with van der Waals surface area (Å²) in [5, 5.41) is 40.2. The maximum Gasteiger partial charge on any atom is 0.338 e. The van der Waals surface area contributed by atoms with Gasteiger partial charge in [0.25, 0.3) is 5.91 Å². The molecule has 2 saturated carbocycles. The normalized spacial score (nSPS) is 32.6. The Balaban J connectivity index is 1.40. The van der Waals surface area contributed by atoms with Gasteiger partial charge in [-0.05, 0) is 54.8 Å². The highest BCUT2D eigenvalue weighted by molar-refractivity contribution is 6.00. The zero-order valence-electron chi connectivity index (χ0n) is 34.1. The lowest BCUT2D eigenvalue weighted by Crippen LogP contribution is -2.80. The molecule has 0 spiro atoms. The Hall–Kier alpha value is -5.48. The fraction of sp³-hybridized carbons (Fsp3) is 0.467. The van der Waals surface area contributed by atoms with Crippen molar-refractivity contribution < 1.29 is 67.5 Å². The van der Waals surface area contributed by atoms with Gasteiger partial charge in [0, 0.05) is 43.6 Å². The van der Waals surface area contributed by atoms with Crippen LogP contribution in [0.4, 0.5) is 0 Å². The van der Waals surface area contributed by atoms with Gasteiger partial charge in [0.2, 0.25) is 5.78 Å². The average Bonchev–Trinajstić information content (AvgIpc) is 3.75. The summed E-state index contributed by atoms with van der Waals surface area (Å²) in [4.78, 5) is 84.2. The van der Waals surface area contributed by atoms with Crippen LogP contribution in [-0.2, 0) is 38.1 Å². The summed E-state index contributed by atoms with van der Waals surface area (Å²) in [6.07, 6.45) is -7.41. The molecule has 11 atom stereocenters. The number of hydrogen-bond acceptors (Lipinski definition) is 14. The first kappa shape index (κ1) is 42.6. The molecule has 2 bridgehead atoms. The number of ether oxygens (including phenoxy) is 4. The minimum atomic E-state index is -2.38. The maximum absolute atomic E-state index is 15.4. The maximum atomic E-state index is 15.4. The molecular weight excluding hydrogens is 778 g/mol. The number of esters is 3. The molecule has 60 heavy (non-hydrogen) atoms. The van der Waals surface area contributed by atoms with E-state index in [9.17, 15) is 34.5 Å². The van der Waals surface area contributed by atoms with Crippen LogP contribution in [0.5, 0.6) is 0 Å². The minimum Gasteiger partial charge on any atom is -0.461 e. The number of Topliss-reactive ketones (excluding diaryl/α,β-unsaturated/α-hetero) is 2. The first-order valence-corrected chi connectivity index (χ1v) is 19.8. The van der Waals surface area contributed by atoms with Crippen molar-refractivity contribution >= 4 is 35.4 Å². The monoisotopic (exact) mass is 827 g/mol. The highest BCUT2D eigenvalue weighted by Gasteiger charge is 2.78. The topological polar surface area (TPSA) is 225 Å². The predicted octanol–water partition coefficient (Wildman–Crippen LogP) is 3.60. The number of benzene rings is 2. The van der Waals surface area contributed by atoms with E-state index in [1.54, 1.807) is 74.5 Å². The molecule has 0 radical (unpaired) electrons. The Kier molecular flexibility index (Phi) is 11.0. The lowest BCUT2D eigenvalue weighted by atomic mass is 9.41. The number of furan rings is 1. The molecule has 3 fully saturated rings. The van der Waals surface area contributed by atoms with Gasteiger partial charge < -0.3 is 44.0 Å². The van der Waals surface area contributed by atoms with Crippen LogP contribution >= 0.6 is 0 Å². The van der Waals surface area contributed by atoms with Gasteiger partial charge in [-0.15, -0.1) is 0 Å². The summed E-state index contributed by atoms with van der Waals surface area (Å²) in [5.74, 6) is -8.67. The van der Waals surface area contributed by atoms with Crippen molar-refractivity contribution in [2.45, 2.75) is 102 Å². The van der Waals surface area contributed by atoms with Crippen molar-refractivity contribution in [3.8, 4) is 0 Å². The summed E-state index contributed by atoms with van der Waals surface area (Å²) in [6, 6.07) is 17.9. The van der Waals surface area contributed by atoms with E-state index in [1.807, 2.05) is 0 Å². The molecule has 318 valence electrons. The molecule has 1 saturated heterocycles. The zero-order chi connectivity index (χ0) is 43.5. The number of rotatable bonds is 10. The van der Waals surface area contributed by atoms with Crippen LogP contribution < -0.4 is 5.32 Å². The van der Waals surface area contributed by atoms with E-state index in [2.05, 4.69) is 5.32 Å². The average molecular weight is 828 g/mol. The van der Waals surface area contributed by atoms with Crippen molar-refractivity contribution in [1.82, 2.24) is 5.32 Å². The molecule has 15 nitrogen and oxygen atoms in total. The second-order valence-corrected chi connectivity index (χ2v) is 17.0. The summed E-state index contributed by atoms with van der Waals surface area (Å²) in [6.45, 7) is 7.97. The predicted molar refractivity (Wildman–Crippen MR) is 209 cm³/mol. The van der Waals surface area contributed by atoms with E-state index in [-0.39, 0.29) is 35.5 Å². The van der Waals surface area contributed by atoms with Gasteiger partial charge in [0.05, 0.1) is 41.9 Å². The van der Waals surface area contributed by atoms with Gasteiger partial charge in [-0.25, -0.2) is 4.79 Å². The summed E-state index contributed by atoms with van der Waals surface area (Å²) in [7, 11) is 0. The number of carbonyl (C=O) groups is 6. The van der Waals surface area contributed by atoms with Gasteiger partial charge in [0.15, 0.2) is 29.4 Å². The fourth-order valence-corrected chi connectivity index (χ4v) is 10.3. The first-order chi connectivity index (χ1) is 28.3. The highest BCUT2D eigenvalue weighted by Crippen LogP contribution is 2.66. The number of carbonyl (C=O) groups excluding carboxylic acids is 6. The van der Waals surface area contributed by atoms with Gasteiger partial charge in [0.1, 0.15) is 12.2 Å². The molecule has 3 aliphatic carbocycles. The summed E-state index contributed by atoms with van der Waals surface area (Å²) >= 11 is 0. The van der Waals surface area contributed by atoms with Crippen molar-refractivity contribution in [3.05, 3.63) is 107 Å². The van der Waals surface area contributed by atoms with Crippen molar-refractivity contribution in [1.29, 1.82) is 0 Å². The number of nitrogens with one attached hydrogen (secondary N) is 1. The minimum absolute atomic E-state index is 0.00151. The zero-order valence-corrected chi connectivity index (χ0v) is 34.1. The largest absolute Gasteiger partial charge is 0.461 e. The number of ketones is 2.